The third-order valence-electron chi connectivity index (χ3n) is 3.40. The fourth-order valence-corrected chi connectivity index (χ4v) is 6.26. The lowest BCUT2D eigenvalue weighted by atomic mass is 10.4. The first-order valence-corrected chi connectivity index (χ1v) is 10.6. The minimum atomic E-state index is -3.57. The van der Waals surface area contributed by atoms with Crippen molar-refractivity contribution in [2.45, 2.75) is 19.5 Å². The summed E-state index contributed by atoms with van der Waals surface area (Å²) in [7, 11) is -6.49. The highest BCUT2D eigenvalue weighted by Crippen LogP contribution is 2.54. The lowest BCUT2D eigenvalue weighted by molar-refractivity contribution is -0.142. The van der Waals surface area contributed by atoms with Crippen molar-refractivity contribution in [2.24, 2.45) is 0 Å². The van der Waals surface area contributed by atoms with Gasteiger partial charge in [0.25, 0.3) is 7.37 Å². The predicted molar refractivity (Wildman–Crippen MR) is 95.9 cm³/mol. The van der Waals surface area contributed by atoms with Gasteiger partial charge in [-0.3, -0.25) is 18.2 Å². The second-order valence-electron chi connectivity index (χ2n) is 5.11. The van der Waals surface area contributed by atoms with Crippen LogP contribution in [0.4, 0.5) is 0 Å². The first-order chi connectivity index (χ1) is 11.5. The lowest BCUT2D eigenvalue weighted by Crippen LogP contribution is -2.20. The first-order valence-electron chi connectivity index (χ1n) is 7.60. The number of benzene rings is 2. The maximum atomic E-state index is 13.6. The van der Waals surface area contributed by atoms with Crippen molar-refractivity contribution in [2.75, 3.05) is 6.61 Å². The third-order valence-corrected chi connectivity index (χ3v) is 8.05. The Bertz CT molecular complexity index is 703. The minimum Gasteiger partial charge on any atom is -0.465 e. The quantitative estimate of drug-likeness (QED) is 0.555. The molecule has 0 aromatic heterocycles. The van der Waals surface area contributed by atoms with Gasteiger partial charge in [-0.15, -0.1) is 0 Å². The van der Waals surface area contributed by atoms with E-state index in [1.165, 1.54) is 6.92 Å². The maximum Gasteiger partial charge on any atom is 0.318 e. The van der Waals surface area contributed by atoms with E-state index in [1.807, 2.05) is 0 Å². The van der Waals surface area contributed by atoms with Crippen molar-refractivity contribution < 1.29 is 23.0 Å². The molecule has 2 aromatic rings. The monoisotopic (exact) mass is 366 g/mol. The van der Waals surface area contributed by atoms with Gasteiger partial charge in [0, 0.05) is 10.6 Å². The van der Waals surface area contributed by atoms with Gasteiger partial charge in [-0.05, 0) is 38.1 Å². The predicted octanol–water partition coefficient (Wildman–Crippen LogP) is 3.36. The molecule has 0 aliphatic rings. The summed E-state index contributed by atoms with van der Waals surface area (Å²) in [4.78, 5) is 11.8. The number of carbonyl (C=O) groups excluding carboxylic acids is 1. The summed E-state index contributed by atoms with van der Waals surface area (Å²) in [6.45, 7) is 3.31. The fraction of sp³-hybridized carbons (Fsp3) is 0.235. The molecule has 0 bridgehead atoms. The lowest BCUT2D eigenvalue weighted by Gasteiger charge is -2.20. The van der Waals surface area contributed by atoms with Gasteiger partial charge in [0.2, 0.25) is 8.03 Å². The van der Waals surface area contributed by atoms with Gasteiger partial charge < -0.3 is 4.74 Å². The molecule has 24 heavy (non-hydrogen) atoms. The van der Waals surface area contributed by atoms with Crippen LogP contribution >= 0.6 is 15.4 Å². The molecule has 0 fully saturated rings. The van der Waals surface area contributed by atoms with Crippen molar-refractivity contribution in [3.8, 4) is 0 Å². The molecule has 2 unspecified atom stereocenters. The van der Waals surface area contributed by atoms with Crippen LogP contribution in [0.25, 0.3) is 0 Å². The van der Waals surface area contributed by atoms with E-state index in [1.54, 1.807) is 67.6 Å². The van der Waals surface area contributed by atoms with Gasteiger partial charge in [-0.2, -0.15) is 0 Å². The van der Waals surface area contributed by atoms with Gasteiger partial charge in [-0.25, -0.2) is 0 Å². The fourth-order valence-electron chi connectivity index (χ4n) is 2.07. The Hall–Kier alpha value is -1.67. The molecule has 7 heteroatoms. The second kappa shape index (κ2) is 8.43. The van der Waals surface area contributed by atoms with Gasteiger partial charge in [0.15, 0.2) is 0 Å². The van der Waals surface area contributed by atoms with Crippen molar-refractivity contribution in [1.82, 2.24) is 0 Å². The summed E-state index contributed by atoms with van der Waals surface area (Å²) in [6.07, 6.45) is 0. The normalized spacial score (nSPS) is 13.9. The topological polar surface area (TPSA) is 69.7 Å². The highest BCUT2D eigenvalue weighted by molar-refractivity contribution is 7.78. The molecule has 0 aliphatic heterocycles. The molecule has 0 N–H and O–H groups in total. The average molecular weight is 366 g/mol. The van der Waals surface area contributed by atoms with E-state index in [0.717, 1.165) is 0 Å². The Morgan fingerprint density at radius 2 is 1.50 bits per heavy atom. The number of esters is 1. The Labute approximate surface area is 142 Å². The highest BCUT2D eigenvalue weighted by atomic mass is 31.2. The van der Waals surface area contributed by atoms with Crippen LogP contribution in [0.1, 0.15) is 13.8 Å². The standard InChI is InChI=1S/C17H20O5P2/c1-3-21-17(18)14(2)23(19)22-24(20,15-10-6-4-7-11-15)16-12-8-5-9-13-16/h4-14,23H,3H2,1-2H3. The smallest absolute Gasteiger partial charge is 0.318 e. The molecule has 2 atom stereocenters. The molecule has 0 saturated heterocycles. The first kappa shape index (κ1) is 18.7. The Morgan fingerprint density at radius 3 is 1.92 bits per heavy atom. The van der Waals surface area contributed by atoms with E-state index < -0.39 is 27.0 Å². The SMILES string of the molecule is CCOC(=O)C(C)[PH](=O)OP(=O)(c1ccccc1)c1ccccc1. The van der Waals surface area contributed by atoms with E-state index in [0.29, 0.717) is 10.6 Å². The Morgan fingerprint density at radius 1 is 1.04 bits per heavy atom. The van der Waals surface area contributed by atoms with Crippen molar-refractivity contribution in [3.63, 3.8) is 0 Å². The number of rotatable bonds is 7. The Balaban J connectivity index is 2.37. The third kappa shape index (κ3) is 4.24. The molecule has 2 aromatic carbocycles. The molecule has 0 amide bonds. The van der Waals surface area contributed by atoms with Crippen LogP contribution in [0.5, 0.6) is 0 Å². The molecule has 0 radical (unpaired) electrons. The van der Waals surface area contributed by atoms with E-state index in [9.17, 15) is 13.9 Å². The molecule has 128 valence electrons. The van der Waals surface area contributed by atoms with Gasteiger partial charge in [0.1, 0.15) is 5.66 Å². The second-order valence-corrected chi connectivity index (χ2v) is 9.48. The molecule has 0 aliphatic carbocycles. The molecule has 0 heterocycles. The van der Waals surface area contributed by atoms with Crippen molar-refractivity contribution in [3.05, 3.63) is 60.7 Å². The molecular weight excluding hydrogens is 346 g/mol. The summed E-state index contributed by atoms with van der Waals surface area (Å²) in [5, 5.41) is 0.871. The summed E-state index contributed by atoms with van der Waals surface area (Å²) in [6, 6.07) is 17.2. The van der Waals surface area contributed by atoms with Crippen LogP contribution in [0.2, 0.25) is 0 Å². The number of ether oxygens (including phenoxy) is 1. The largest absolute Gasteiger partial charge is 0.465 e. The maximum absolute atomic E-state index is 13.6. The van der Waals surface area contributed by atoms with Crippen LogP contribution in [0, 0.1) is 0 Å². The average Bonchev–Trinajstić information content (AvgIpc) is 2.62. The summed E-state index contributed by atoms with van der Waals surface area (Å²) < 4.78 is 36.5. The summed E-state index contributed by atoms with van der Waals surface area (Å²) in [5.41, 5.74) is -0.962. The zero-order valence-electron chi connectivity index (χ0n) is 13.5. The van der Waals surface area contributed by atoms with E-state index in [-0.39, 0.29) is 6.61 Å². The zero-order valence-corrected chi connectivity index (χ0v) is 15.4. The molecule has 0 spiro atoms. The Kier molecular flexibility index (Phi) is 6.56. The number of carbonyl (C=O) groups is 1. The van der Waals surface area contributed by atoms with Crippen LogP contribution in [-0.2, 0) is 23.0 Å². The van der Waals surface area contributed by atoms with Gasteiger partial charge in [0.05, 0.1) is 6.61 Å². The minimum absolute atomic E-state index is 0.188. The van der Waals surface area contributed by atoms with E-state index in [4.69, 9.17) is 9.05 Å². The molecule has 5 nitrogen and oxygen atoms in total. The van der Waals surface area contributed by atoms with Crippen LogP contribution < -0.4 is 10.6 Å². The van der Waals surface area contributed by atoms with Crippen molar-refractivity contribution in [1.29, 1.82) is 0 Å². The zero-order chi connectivity index (χ0) is 17.6. The highest BCUT2D eigenvalue weighted by Gasteiger charge is 2.34. The van der Waals surface area contributed by atoms with Gasteiger partial charge in [-0.1, -0.05) is 36.4 Å². The van der Waals surface area contributed by atoms with Crippen LogP contribution in [-0.4, -0.2) is 18.2 Å². The molecule has 0 saturated carbocycles. The number of hydrogen-bond donors (Lipinski definition) is 0. The van der Waals surface area contributed by atoms with Crippen LogP contribution in [0.3, 0.4) is 0 Å². The van der Waals surface area contributed by atoms with Crippen LogP contribution in [0.15, 0.2) is 60.7 Å². The summed E-state index contributed by atoms with van der Waals surface area (Å²) in [5.74, 6) is -0.617. The number of hydrogen-bond acceptors (Lipinski definition) is 5. The van der Waals surface area contributed by atoms with Gasteiger partial charge >= 0.3 is 5.97 Å². The van der Waals surface area contributed by atoms with Crippen molar-refractivity contribution >= 4 is 32.0 Å². The molecule has 2 rings (SSSR count). The molecular formula is C17H20O5P2. The van der Waals surface area contributed by atoms with E-state index in [2.05, 4.69) is 0 Å². The summed E-state index contributed by atoms with van der Waals surface area (Å²) >= 11 is 0. The van der Waals surface area contributed by atoms with E-state index >= 15 is 0 Å².